The molecule has 0 amide bonds. The van der Waals surface area contributed by atoms with E-state index in [0.29, 0.717) is 19.8 Å². The van der Waals surface area contributed by atoms with Crippen LogP contribution in [0, 0.1) is 6.92 Å². The quantitative estimate of drug-likeness (QED) is 0.118. The number of aryl methyl sites for hydroxylation is 1. The molecule has 2 atom stereocenters. The van der Waals surface area contributed by atoms with Crippen molar-refractivity contribution in [2.75, 3.05) is 7.11 Å². The minimum absolute atomic E-state index is 0.0673. The number of hydrogen-bond acceptors (Lipinski definition) is 5. The second-order valence-corrected chi connectivity index (χ2v) is 14.9. The van der Waals surface area contributed by atoms with Crippen molar-refractivity contribution in [2.45, 2.75) is 65.6 Å². The maximum absolute atomic E-state index is 6.94. The fourth-order valence-electron chi connectivity index (χ4n) is 8.20. The van der Waals surface area contributed by atoms with E-state index in [1.54, 1.807) is 7.11 Å². The topological polar surface area (TPSA) is 40.2 Å². The summed E-state index contributed by atoms with van der Waals surface area (Å²) in [5, 5.41) is 2.01. The first-order valence-corrected chi connectivity index (χ1v) is 19.6. The van der Waals surface area contributed by atoms with E-state index in [-0.39, 0.29) is 12.1 Å². The van der Waals surface area contributed by atoms with Gasteiger partial charge in [-0.05, 0) is 89.7 Å². The van der Waals surface area contributed by atoms with Crippen LogP contribution < -0.4 is 18.9 Å². The molecule has 5 heteroatoms. The first-order valence-electron chi connectivity index (χ1n) is 19.6. The highest BCUT2D eigenvalue weighted by atomic mass is 16.5. The molecule has 1 heterocycles. The Morgan fingerprint density at radius 3 is 1.62 bits per heavy atom. The van der Waals surface area contributed by atoms with Crippen molar-refractivity contribution in [3.63, 3.8) is 0 Å². The molecular formula is C51H49NO4. The van der Waals surface area contributed by atoms with Gasteiger partial charge in [0.2, 0.25) is 0 Å². The average molecular weight is 740 g/mol. The fraction of sp³-hybridized carbons (Fsp3) is 0.216. The largest absolute Gasteiger partial charge is 0.496 e. The Balaban J connectivity index is 1.33. The highest BCUT2D eigenvalue weighted by Crippen LogP contribution is 2.51. The lowest BCUT2D eigenvalue weighted by atomic mass is 9.81. The van der Waals surface area contributed by atoms with Crippen LogP contribution in [0.25, 0.3) is 21.9 Å². The van der Waals surface area contributed by atoms with E-state index in [1.165, 1.54) is 16.7 Å². The number of benzene rings is 7. The van der Waals surface area contributed by atoms with E-state index in [9.17, 15) is 0 Å². The molecule has 0 aliphatic carbocycles. The lowest BCUT2D eigenvalue weighted by Crippen LogP contribution is -2.41. The molecular weight excluding hydrogens is 691 g/mol. The molecule has 282 valence electrons. The SMILES string of the molecule is COc1cc(C)cc2c(-c3c(OCc4ccccc4)cc(OCc4ccccc4)c4c3C[C@@H](C)N(Cc3ccccc3)[C@@H]4C)ccc(OCc3ccccc3)c12. The third kappa shape index (κ3) is 7.87. The van der Waals surface area contributed by atoms with Crippen LogP contribution in [0.2, 0.25) is 0 Å². The minimum atomic E-state index is 0.0673. The molecule has 0 fully saturated rings. The second kappa shape index (κ2) is 16.8. The van der Waals surface area contributed by atoms with Crippen LogP contribution in [-0.4, -0.2) is 18.1 Å². The minimum Gasteiger partial charge on any atom is -0.496 e. The van der Waals surface area contributed by atoms with E-state index >= 15 is 0 Å². The zero-order valence-corrected chi connectivity index (χ0v) is 32.7. The Morgan fingerprint density at radius 2 is 1.07 bits per heavy atom. The van der Waals surface area contributed by atoms with Gasteiger partial charge in [0.15, 0.2) is 0 Å². The summed E-state index contributed by atoms with van der Waals surface area (Å²) in [6.45, 7) is 8.97. The number of rotatable bonds is 13. The molecule has 0 N–H and O–H groups in total. The number of ether oxygens (including phenoxy) is 4. The average Bonchev–Trinajstić information content (AvgIpc) is 3.23. The van der Waals surface area contributed by atoms with Crippen LogP contribution in [0.3, 0.4) is 0 Å². The molecule has 5 nitrogen and oxygen atoms in total. The summed E-state index contributed by atoms with van der Waals surface area (Å²) in [6.07, 6.45) is 0.822. The predicted octanol–water partition coefficient (Wildman–Crippen LogP) is 12.1. The summed E-state index contributed by atoms with van der Waals surface area (Å²) in [6, 6.07) is 53.0. The van der Waals surface area contributed by atoms with Gasteiger partial charge in [0.1, 0.15) is 42.8 Å². The van der Waals surface area contributed by atoms with Crippen LogP contribution in [0.5, 0.6) is 23.0 Å². The number of methoxy groups -OCH3 is 1. The van der Waals surface area contributed by atoms with Crippen LogP contribution in [0.15, 0.2) is 152 Å². The third-order valence-electron chi connectivity index (χ3n) is 11.0. The van der Waals surface area contributed by atoms with E-state index in [1.807, 2.05) is 30.3 Å². The summed E-state index contributed by atoms with van der Waals surface area (Å²) in [5.74, 6) is 3.22. The van der Waals surface area contributed by atoms with Crippen molar-refractivity contribution in [1.29, 1.82) is 0 Å². The molecule has 0 bridgehead atoms. The smallest absolute Gasteiger partial charge is 0.131 e. The maximum atomic E-state index is 6.94. The second-order valence-electron chi connectivity index (χ2n) is 14.9. The van der Waals surface area contributed by atoms with E-state index in [0.717, 1.165) is 80.1 Å². The molecule has 1 aliphatic rings. The Bertz CT molecular complexity index is 2400. The van der Waals surface area contributed by atoms with Gasteiger partial charge in [0.05, 0.1) is 12.5 Å². The number of fused-ring (bicyclic) bond motifs is 2. The van der Waals surface area contributed by atoms with Crippen LogP contribution in [0.1, 0.15) is 58.8 Å². The molecule has 7 aromatic rings. The first-order chi connectivity index (χ1) is 27.5. The molecule has 0 saturated heterocycles. The Hall–Kier alpha value is -6.04. The highest BCUT2D eigenvalue weighted by Gasteiger charge is 2.36. The highest BCUT2D eigenvalue weighted by molar-refractivity contribution is 6.05. The standard InChI is InChI=1S/C51H49NO4/c1-35-27-43-42(25-26-45(51(43)46(28-35)53-4)54-32-39-19-11-6-12-20-39)50-44-29-36(2)52(31-38-17-9-5-10-18-38)37(3)49(44)47(55-33-40-21-13-7-14-22-40)30-48(50)56-34-41-23-15-8-16-24-41/h5-28,30,36-37H,29,31-34H2,1-4H3/t36-,37-/m1/s1. The molecule has 0 spiro atoms. The van der Waals surface area contributed by atoms with Crippen molar-refractivity contribution >= 4 is 10.8 Å². The zero-order chi connectivity index (χ0) is 38.4. The monoisotopic (exact) mass is 739 g/mol. The lowest BCUT2D eigenvalue weighted by Gasteiger charge is -2.42. The summed E-state index contributed by atoms with van der Waals surface area (Å²) in [5.41, 5.74) is 10.4. The molecule has 0 saturated carbocycles. The Labute approximate surface area is 331 Å². The predicted molar refractivity (Wildman–Crippen MR) is 227 cm³/mol. The molecule has 0 radical (unpaired) electrons. The van der Waals surface area contributed by atoms with E-state index < -0.39 is 0 Å². The van der Waals surface area contributed by atoms with Gasteiger partial charge in [0, 0.05) is 35.8 Å². The van der Waals surface area contributed by atoms with Gasteiger partial charge < -0.3 is 18.9 Å². The summed E-state index contributed by atoms with van der Waals surface area (Å²) < 4.78 is 26.5. The van der Waals surface area contributed by atoms with Crippen LogP contribution in [0.4, 0.5) is 0 Å². The van der Waals surface area contributed by atoms with Gasteiger partial charge in [-0.2, -0.15) is 0 Å². The van der Waals surface area contributed by atoms with Crippen molar-refractivity contribution in [3.05, 3.63) is 191 Å². The van der Waals surface area contributed by atoms with Gasteiger partial charge >= 0.3 is 0 Å². The number of hydrogen-bond donors (Lipinski definition) is 0. The summed E-state index contributed by atoms with van der Waals surface area (Å²) in [4.78, 5) is 2.60. The summed E-state index contributed by atoms with van der Waals surface area (Å²) >= 11 is 0. The van der Waals surface area contributed by atoms with Gasteiger partial charge in [-0.15, -0.1) is 0 Å². The van der Waals surface area contributed by atoms with E-state index in [4.69, 9.17) is 18.9 Å². The van der Waals surface area contributed by atoms with Crippen molar-refractivity contribution < 1.29 is 18.9 Å². The molecule has 8 rings (SSSR count). The van der Waals surface area contributed by atoms with Crippen LogP contribution in [-0.2, 0) is 32.8 Å². The Kier molecular flexibility index (Phi) is 11.1. The molecule has 1 aliphatic heterocycles. The number of nitrogens with zero attached hydrogens (tertiary/aromatic N) is 1. The van der Waals surface area contributed by atoms with Gasteiger partial charge in [0.25, 0.3) is 0 Å². The third-order valence-corrected chi connectivity index (χ3v) is 11.0. The summed E-state index contributed by atoms with van der Waals surface area (Å²) in [7, 11) is 1.74. The van der Waals surface area contributed by atoms with Crippen molar-refractivity contribution in [1.82, 2.24) is 4.90 Å². The van der Waals surface area contributed by atoms with Gasteiger partial charge in [-0.1, -0.05) is 127 Å². The van der Waals surface area contributed by atoms with Gasteiger partial charge in [-0.25, -0.2) is 0 Å². The van der Waals surface area contributed by atoms with E-state index in [2.05, 4.69) is 147 Å². The molecule has 56 heavy (non-hydrogen) atoms. The maximum Gasteiger partial charge on any atom is 0.131 e. The van der Waals surface area contributed by atoms with Crippen LogP contribution >= 0.6 is 0 Å². The fourth-order valence-corrected chi connectivity index (χ4v) is 8.20. The van der Waals surface area contributed by atoms with Crippen molar-refractivity contribution in [2.24, 2.45) is 0 Å². The molecule has 7 aromatic carbocycles. The molecule has 0 aromatic heterocycles. The lowest BCUT2D eigenvalue weighted by molar-refractivity contribution is 0.125. The zero-order valence-electron chi connectivity index (χ0n) is 32.7. The molecule has 0 unspecified atom stereocenters. The van der Waals surface area contributed by atoms with Crippen molar-refractivity contribution in [3.8, 4) is 34.1 Å². The Morgan fingerprint density at radius 1 is 0.554 bits per heavy atom. The van der Waals surface area contributed by atoms with Gasteiger partial charge in [-0.3, -0.25) is 4.90 Å². The first kappa shape index (κ1) is 36.9. The normalized spacial score (nSPS) is 15.3.